The molecule has 0 aliphatic carbocycles. The van der Waals surface area contributed by atoms with Gasteiger partial charge in [-0.2, -0.15) is 0 Å². The minimum atomic E-state index is -4.10. The average molecular weight is 393 g/mol. The molecule has 27 heavy (non-hydrogen) atoms. The van der Waals surface area contributed by atoms with Gasteiger partial charge in [0.25, 0.3) is 15.9 Å². The minimum absolute atomic E-state index is 0.0376. The summed E-state index contributed by atoms with van der Waals surface area (Å²) in [6.07, 6.45) is 0. The third kappa shape index (κ3) is 4.29. The number of carbonyl (C=O) groups excluding carboxylic acids is 1. The van der Waals surface area contributed by atoms with Crippen LogP contribution in [0.1, 0.15) is 16.2 Å². The van der Waals surface area contributed by atoms with Gasteiger partial charge in [0.15, 0.2) is 11.6 Å². The van der Waals surface area contributed by atoms with Crippen LogP contribution in [0, 0.1) is 18.6 Å². The second-order valence-electron chi connectivity index (χ2n) is 5.55. The predicted octanol–water partition coefficient (Wildman–Crippen LogP) is 3.31. The number of hydrogen-bond donors (Lipinski definition) is 2. The lowest BCUT2D eigenvalue weighted by molar-refractivity contribution is 0.0988. The first-order valence-corrected chi connectivity index (χ1v) is 9.05. The lowest BCUT2D eigenvalue weighted by Gasteiger charge is -2.09. The van der Waals surface area contributed by atoms with Gasteiger partial charge in [-0.25, -0.2) is 17.2 Å². The van der Waals surface area contributed by atoms with Crippen molar-refractivity contribution in [3.63, 3.8) is 0 Å². The van der Waals surface area contributed by atoms with Crippen LogP contribution in [0.5, 0.6) is 0 Å². The number of nitrogens with one attached hydrogen (secondary N) is 2. The van der Waals surface area contributed by atoms with Crippen molar-refractivity contribution in [2.45, 2.75) is 11.8 Å². The molecule has 0 aliphatic heterocycles. The van der Waals surface area contributed by atoms with E-state index in [2.05, 4.69) is 15.2 Å². The van der Waals surface area contributed by atoms with E-state index < -0.39 is 32.5 Å². The highest BCUT2D eigenvalue weighted by Crippen LogP contribution is 2.20. The Morgan fingerprint density at radius 3 is 2.26 bits per heavy atom. The van der Waals surface area contributed by atoms with E-state index in [0.717, 1.165) is 12.1 Å². The number of hydrogen-bond acceptors (Lipinski definition) is 5. The maximum absolute atomic E-state index is 13.2. The summed E-state index contributed by atoms with van der Waals surface area (Å²) in [6, 6.07) is 9.47. The van der Waals surface area contributed by atoms with E-state index in [-0.39, 0.29) is 11.4 Å². The molecule has 1 heterocycles. The lowest BCUT2D eigenvalue weighted by Crippen LogP contribution is -2.14. The Bertz CT molecular complexity index is 1100. The van der Waals surface area contributed by atoms with E-state index in [4.69, 9.17) is 4.52 Å². The molecule has 0 spiro atoms. The zero-order valence-corrected chi connectivity index (χ0v) is 14.7. The molecule has 3 aromatic rings. The second-order valence-corrected chi connectivity index (χ2v) is 7.23. The molecule has 7 nitrogen and oxygen atoms in total. The molecule has 1 aromatic heterocycles. The Morgan fingerprint density at radius 2 is 1.67 bits per heavy atom. The average Bonchev–Trinajstić information content (AvgIpc) is 3.05. The number of benzene rings is 2. The molecule has 0 fully saturated rings. The van der Waals surface area contributed by atoms with Crippen LogP contribution in [0.4, 0.5) is 20.2 Å². The number of nitrogens with zero attached hydrogens (tertiary/aromatic N) is 1. The molecule has 0 aliphatic rings. The highest BCUT2D eigenvalue weighted by molar-refractivity contribution is 7.92. The van der Waals surface area contributed by atoms with Gasteiger partial charge in [-0.3, -0.25) is 9.52 Å². The number of amides is 1. The van der Waals surface area contributed by atoms with Crippen molar-refractivity contribution in [3.8, 4) is 0 Å². The molecule has 0 atom stereocenters. The first-order chi connectivity index (χ1) is 12.7. The molecule has 1 amide bonds. The quantitative estimate of drug-likeness (QED) is 0.693. The van der Waals surface area contributed by atoms with E-state index in [1.807, 2.05) is 0 Å². The largest absolute Gasteiger partial charge is 0.351 e. The molecule has 0 unspecified atom stereocenters. The van der Waals surface area contributed by atoms with Gasteiger partial charge in [-0.15, -0.1) is 0 Å². The van der Waals surface area contributed by atoms with Gasteiger partial charge in [0.1, 0.15) is 0 Å². The van der Waals surface area contributed by atoms with Crippen molar-refractivity contribution in [2.75, 3.05) is 10.0 Å². The van der Waals surface area contributed by atoms with E-state index in [0.29, 0.717) is 17.4 Å². The van der Waals surface area contributed by atoms with Crippen molar-refractivity contribution < 1.29 is 26.5 Å². The Balaban J connectivity index is 1.71. The van der Waals surface area contributed by atoms with Crippen molar-refractivity contribution >= 4 is 27.3 Å². The Morgan fingerprint density at radius 1 is 1.00 bits per heavy atom. The van der Waals surface area contributed by atoms with Crippen LogP contribution in [0.2, 0.25) is 0 Å². The normalized spacial score (nSPS) is 11.2. The molecular weight excluding hydrogens is 380 g/mol. The van der Waals surface area contributed by atoms with Gasteiger partial charge in [0.2, 0.25) is 5.76 Å². The Kier molecular flexibility index (Phi) is 4.91. The van der Waals surface area contributed by atoms with Crippen LogP contribution in [0.3, 0.4) is 0 Å². The third-order valence-corrected chi connectivity index (χ3v) is 4.83. The summed E-state index contributed by atoms with van der Waals surface area (Å²) >= 11 is 0. The van der Waals surface area contributed by atoms with E-state index in [1.165, 1.54) is 30.3 Å². The molecule has 140 valence electrons. The van der Waals surface area contributed by atoms with Gasteiger partial charge < -0.3 is 9.84 Å². The SMILES string of the molecule is Cc1cc(C(=O)Nc2ccc(NS(=O)(=O)c3ccc(F)c(F)c3)cc2)on1. The fourth-order valence-corrected chi connectivity index (χ4v) is 3.21. The lowest BCUT2D eigenvalue weighted by atomic mass is 10.3. The highest BCUT2D eigenvalue weighted by atomic mass is 32.2. The Hall–Kier alpha value is -3.27. The van der Waals surface area contributed by atoms with Crippen LogP contribution >= 0.6 is 0 Å². The molecule has 0 radical (unpaired) electrons. The molecule has 0 bridgehead atoms. The monoisotopic (exact) mass is 393 g/mol. The minimum Gasteiger partial charge on any atom is -0.351 e. The number of halogens is 2. The molecule has 10 heteroatoms. The van der Waals surface area contributed by atoms with Gasteiger partial charge in [-0.1, -0.05) is 5.16 Å². The summed E-state index contributed by atoms with van der Waals surface area (Å²) in [7, 11) is -4.10. The van der Waals surface area contributed by atoms with E-state index in [9.17, 15) is 22.0 Å². The molecule has 0 saturated heterocycles. The topological polar surface area (TPSA) is 101 Å². The maximum atomic E-state index is 13.2. The number of anilines is 2. The first kappa shape index (κ1) is 18.5. The summed E-state index contributed by atoms with van der Waals surface area (Å²) in [6.45, 7) is 1.67. The number of carbonyl (C=O) groups is 1. The van der Waals surface area contributed by atoms with Crippen LogP contribution in [0.25, 0.3) is 0 Å². The van der Waals surface area contributed by atoms with Crippen LogP contribution in [0.15, 0.2) is 57.9 Å². The number of aromatic nitrogens is 1. The first-order valence-electron chi connectivity index (χ1n) is 7.57. The number of sulfonamides is 1. The zero-order valence-electron chi connectivity index (χ0n) is 13.9. The summed E-state index contributed by atoms with van der Waals surface area (Å²) in [5.41, 5.74) is 1.13. The van der Waals surface area contributed by atoms with Crippen molar-refractivity contribution in [3.05, 3.63) is 71.6 Å². The van der Waals surface area contributed by atoms with Crippen molar-refractivity contribution in [2.24, 2.45) is 0 Å². The molecule has 3 rings (SSSR count). The van der Waals surface area contributed by atoms with Crippen molar-refractivity contribution in [1.82, 2.24) is 5.16 Å². The molecule has 2 aromatic carbocycles. The van der Waals surface area contributed by atoms with Gasteiger partial charge in [0, 0.05) is 17.4 Å². The van der Waals surface area contributed by atoms with E-state index >= 15 is 0 Å². The predicted molar refractivity (Wildman–Crippen MR) is 92.8 cm³/mol. The molecule has 0 saturated carbocycles. The Labute approximate surface area is 153 Å². The maximum Gasteiger partial charge on any atom is 0.294 e. The van der Waals surface area contributed by atoms with Gasteiger partial charge in [0.05, 0.1) is 10.6 Å². The summed E-state index contributed by atoms with van der Waals surface area (Å²) in [5, 5.41) is 6.18. The summed E-state index contributed by atoms with van der Waals surface area (Å²) in [5.74, 6) is -2.88. The van der Waals surface area contributed by atoms with Crippen LogP contribution < -0.4 is 10.0 Å². The highest BCUT2D eigenvalue weighted by Gasteiger charge is 2.17. The third-order valence-electron chi connectivity index (χ3n) is 3.45. The molecule has 2 N–H and O–H groups in total. The van der Waals surface area contributed by atoms with E-state index in [1.54, 1.807) is 6.92 Å². The zero-order chi connectivity index (χ0) is 19.6. The smallest absolute Gasteiger partial charge is 0.294 e. The molecular formula is C17H13F2N3O4S. The van der Waals surface area contributed by atoms with Crippen LogP contribution in [-0.4, -0.2) is 19.5 Å². The number of aryl methyl sites for hydroxylation is 1. The fraction of sp³-hybridized carbons (Fsp3) is 0.0588. The summed E-state index contributed by atoms with van der Waals surface area (Å²) in [4.78, 5) is 11.5. The fourth-order valence-electron chi connectivity index (χ4n) is 2.14. The van der Waals surface area contributed by atoms with Gasteiger partial charge >= 0.3 is 0 Å². The second kappa shape index (κ2) is 7.16. The van der Waals surface area contributed by atoms with Gasteiger partial charge in [-0.05, 0) is 49.4 Å². The number of rotatable bonds is 5. The standard InChI is InChI=1S/C17H13F2N3O4S/c1-10-8-16(26-21-10)17(23)20-11-2-4-12(5-3-11)22-27(24,25)13-6-7-14(18)15(19)9-13/h2-9,22H,1H3,(H,20,23). The summed E-state index contributed by atoms with van der Waals surface area (Å²) < 4.78 is 57.7. The van der Waals surface area contributed by atoms with Crippen LogP contribution in [-0.2, 0) is 10.0 Å². The van der Waals surface area contributed by atoms with Crippen molar-refractivity contribution in [1.29, 1.82) is 0 Å².